The average molecular weight is 433 g/mol. The minimum Gasteiger partial charge on any atom is -0.262 e. The van der Waals surface area contributed by atoms with Gasteiger partial charge in [-0.2, -0.15) is 10.4 Å². The molecule has 0 spiro atoms. The summed E-state index contributed by atoms with van der Waals surface area (Å²) in [4.78, 5) is 6.34. The van der Waals surface area contributed by atoms with Crippen molar-refractivity contribution < 1.29 is 0 Å². The zero-order valence-electron chi connectivity index (χ0n) is 14.1. The molecule has 2 heterocycles. The Morgan fingerprint density at radius 1 is 1.00 bits per heavy atom. The Bertz CT molecular complexity index is 1100. The third kappa shape index (κ3) is 3.95. The van der Waals surface area contributed by atoms with Crippen LogP contribution in [0.3, 0.4) is 0 Å². The molecule has 0 bridgehead atoms. The van der Waals surface area contributed by atoms with Crippen molar-refractivity contribution in [3.63, 3.8) is 0 Å². The molecule has 0 fully saturated rings. The number of hydrogen-bond acceptors (Lipinski definition) is 4. The number of pyridine rings is 1. The third-order valence-electron chi connectivity index (χ3n) is 3.92. The van der Waals surface area contributed by atoms with Gasteiger partial charge in [0, 0.05) is 27.3 Å². The Kier molecular flexibility index (Phi) is 5.05. The maximum atomic E-state index is 9.04. The van der Waals surface area contributed by atoms with E-state index in [-0.39, 0.29) is 0 Å². The topological polar surface area (TPSA) is 54.5 Å². The van der Waals surface area contributed by atoms with Crippen LogP contribution in [-0.4, -0.2) is 14.8 Å². The van der Waals surface area contributed by atoms with E-state index in [1.165, 1.54) is 0 Å². The van der Waals surface area contributed by atoms with E-state index in [4.69, 9.17) is 10.4 Å². The maximum Gasteiger partial charge on any atom is 0.107 e. The second kappa shape index (κ2) is 7.78. The molecule has 0 N–H and O–H groups in total. The first-order valence-electron chi connectivity index (χ1n) is 8.17. The molecule has 0 radical (unpaired) electrons. The lowest BCUT2D eigenvalue weighted by atomic mass is 10.1. The molecular formula is C21H13BrN4S. The number of nitriles is 1. The molecule has 0 unspecified atom stereocenters. The Balaban J connectivity index is 1.78. The number of rotatable bonds is 4. The predicted molar refractivity (Wildman–Crippen MR) is 110 cm³/mol. The molecule has 130 valence electrons. The summed E-state index contributed by atoms with van der Waals surface area (Å²) < 4.78 is 2.88. The van der Waals surface area contributed by atoms with E-state index in [1.54, 1.807) is 24.2 Å². The van der Waals surface area contributed by atoms with Crippen LogP contribution in [0.5, 0.6) is 0 Å². The number of hydrogen-bond donors (Lipinski definition) is 0. The molecule has 4 nitrogen and oxygen atoms in total. The highest BCUT2D eigenvalue weighted by molar-refractivity contribution is 9.10. The van der Waals surface area contributed by atoms with Crippen LogP contribution in [0.15, 0.2) is 93.5 Å². The van der Waals surface area contributed by atoms with Gasteiger partial charge in [0.25, 0.3) is 0 Å². The first-order chi connectivity index (χ1) is 13.2. The van der Waals surface area contributed by atoms with Crippen molar-refractivity contribution in [2.24, 2.45) is 0 Å². The van der Waals surface area contributed by atoms with Gasteiger partial charge in [-0.15, -0.1) is 0 Å². The highest BCUT2D eigenvalue weighted by atomic mass is 79.9. The molecule has 27 heavy (non-hydrogen) atoms. The molecule has 0 saturated heterocycles. The summed E-state index contributed by atoms with van der Waals surface area (Å²) in [6.45, 7) is 0. The fourth-order valence-electron chi connectivity index (χ4n) is 2.59. The molecule has 0 atom stereocenters. The SMILES string of the molecule is N#Cc1ccc(-c2nn(-c3cccnc3)cc2Sc2ccc(Br)cc2)cc1. The van der Waals surface area contributed by atoms with Gasteiger partial charge in [-0.1, -0.05) is 39.8 Å². The quantitative estimate of drug-likeness (QED) is 0.413. The van der Waals surface area contributed by atoms with Crippen LogP contribution in [0.25, 0.3) is 16.9 Å². The van der Waals surface area contributed by atoms with Crippen molar-refractivity contribution >= 4 is 27.7 Å². The van der Waals surface area contributed by atoms with Crippen LogP contribution in [0, 0.1) is 11.3 Å². The Morgan fingerprint density at radius 2 is 1.78 bits per heavy atom. The van der Waals surface area contributed by atoms with Gasteiger partial charge in [-0.05, 0) is 48.5 Å². The molecule has 6 heteroatoms. The van der Waals surface area contributed by atoms with Crippen molar-refractivity contribution in [3.05, 3.63) is 89.3 Å². The monoisotopic (exact) mass is 432 g/mol. The van der Waals surface area contributed by atoms with E-state index in [2.05, 4.69) is 39.1 Å². The average Bonchev–Trinajstić information content (AvgIpc) is 3.14. The Labute approximate surface area is 169 Å². The highest BCUT2D eigenvalue weighted by Gasteiger charge is 2.14. The number of nitrogens with zero attached hydrogens (tertiary/aromatic N) is 4. The molecule has 4 aromatic rings. The first kappa shape index (κ1) is 17.5. The van der Waals surface area contributed by atoms with Gasteiger partial charge in [-0.3, -0.25) is 4.98 Å². The Hall–Kier alpha value is -2.88. The van der Waals surface area contributed by atoms with Gasteiger partial charge >= 0.3 is 0 Å². The molecular weight excluding hydrogens is 420 g/mol. The standard InChI is InChI=1S/C21H13BrN4S/c22-17-7-9-19(10-8-17)27-20-14-26(18-2-1-11-24-13-18)25-21(20)16-5-3-15(12-23)4-6-16/h1-11,13-14H. The van der Waals surface area contributed by atoms with Crippen LogP contribution in [0.2, 0.25) is 0 Å². The molecule has 0 amide bonds. The smallest absolute Gasteiger partial charge is 0.107 e. The van der Waals surface area contributed by atoms with Gasteiger partial charge in [0.15, 0.2) is 0 Å². The van der Waals surface area contributed by atoms with Gasteiger partial charge in [0.05, 0.1) is 28.4 Å². The van der Waals surface area contributed by atoms with Gasteiger partial charge in [0.1, 0.15) is 5.69 Å². The van der Waals surface area contributed by atoms with Crippen LogP contribution < -0.4 is 0 Å². The predicted octanol–water partition coefficient (Wildman–Crippen LogP) is 5.72. The number of halogens is 1. The van der Waals surface area contributed by atoms with Crippen LogP contribution in [0.1, 0.15) is 5.56 Å². The van der Waals surface area contributed by atoms with Crippen molar-refractivity contribution in [2.75, 3.05) is 0 Å². The second-order valence-corrected chi connectivity index (χ2v) is 7.77. The molecule has 2 aromatic heterocycles. The molecule has 0 aliphatic carbocycles. The van der Waals surface area contributed by atoms with Crippen molar-refractivity contribution in [3.8, 4) is 23.0 Å². The molecule has 0 aliphatic heterocycles. The van der Waals surface area contributed by atoms with Gasteiger partial charge in [-0.25, -0.2) is 4.68 Å². The summed E-state index contributed by atoms with van der Waals surface area (Å²) in [6, 6.07) is 21.7. The molecule has 4 rings (SSSR count). The lowest BCUT2D eigenvalue weighted by Gasteiger charge is -2.03. The maximum absolute atomic E-state index is 9.04. The van der Waals surface area contributed by atoms with Gasteiger partial charge in [0.2, 0.25) is 0 Å². The summed E-state index contributed by atoms with van der Waals surface area (Å²) in [5, 5.41) is 13.8. The zero-order chi connectivity index (χ0) is 18.6. The van der Waals surface area contributed by atoms with Crippen molar-refractivity contribution in [1.82, 2.24) is 14.8 Å². The van der Waals surface area contributed by atoms with Crippen LogP contribution >= 0.6 is 27.7 Å². The highest BCUT2D eigenvalue weighted by Crippen LogP contribution is 2.36. The third-order valence-corrected chi connectivity index (χ3v) is 5.48. The summed E-state index contributed by atoms with van der Waals surface area (Å²) in [5.74, 6) is 0. The summed E-state index contributed by atoms with van der Waals surface area (Å²) >= 11 is 5.12. The largest absolute Gasteiger partial charge is 0.262 e. The molecule has 0 saturated carbocycles. The van der Waals surface area contributed by atoms with E-state index in [9.17, 15) is 0 Å². The lowest BCUT2D eigenvalue weighted by molar-refractivity contribution is 0.876. The minimum absolute atomic E-state index is 0.632. The number of aromatic nitrogens is 3. The second-order valence-electron chi connectivity index (χ2n) is 5.74. The normalized spacial score (nSPS) is 10.5. The minimum atomic E-state index is 0.632. The summed E-state index contributed by atoms with van der Waals surface area (Å²) in [7, 11) is 0. The van der Waals surface area contributed by atoms with Gasteiger partial charge < -0.3 is 0 Å². The molecule has 0 aliphatic rings. The van der Waals surface area contributed by atoms with E-state index < -0.39 is 0 Å². The van der Waals surface area contributed by atoms with Crippen molar-refractivity contribution in [1.29, 1.82) is 5.26 Å². The van der Waals surface area contributed by atoms with E-state index in [0.29, 0.717) is 5.56 Å². The molecule has 2 aromatic carbocycles. The van der Waals surface area contributed by atoms with Crippen molar-refractivity contribution in [2.45, 2.75) is 9.79 Å². The number of benzene rings is 2. The fraction of sp³-hybridized carbons (Fsp3) is 0. The Morgan fingerprint density at radius 3 is 2.44 bits per heavy atom. The fourth-order valence-corrected chi connectivity index (χ4v) is 3.78. The lowest BCUT2D eigenvalue weighted by Crippen LogP contribution is -1.95. The van der Waals surface area contributed by atoms with E-state index in [0.717, 1.165) is 31.2 Å². The zero-order valence-corrected chi connectivity index (χ0v) is 16.5. The van der Waals surface area contributed by atoms with E-state index >= 15 is 0 Å². The van der Waals surface area contributed by atoms with Crippen LogP contribution in [-0.2, 0) is 0 Å². The summed E-state index contributed by atoms with van der Waals surface area (Å²) in [6.07, 6.45) is 5.53. The van der Waals surface area contributed by atoms with E-state index in [1.807, 2.05) is 59.4 Å². The summed E-state index contributed by atoms with van der Waals surface area (Å²) in [5.41, 5.74) is 3.37. The first-order valence-corrected chi connectivity index (χ1v) is 9.78. The van der Waals surface area contributed by atoms with Crippen LogP contribution in [0.4, 0.5) is 0 Å².